The second-order valence-electron chi connectivity index (χ2n) is 5.20. The van der Waals surface area contributed by atoms with Crippen molar-refractivity contribution in [3.63, 3.8) is 0 Å². The highest BCUT2D eigenvalue weighted by Gasteiger charge is 2.27. The van der Waals surface area contributed by atoms with E-state index in [1.807, 2.05) is 30.3 Å². The van der Waals surface area contributed by atoms with Crippen LogP contribution in [0.1, 0.15) is 30.0 Å². The van der Waals surface area contributed by atoms with Gasteiger partial charge in [0.2, 0.25) is 0 Å². The average molecular weight is 362 g/mol. The molecule has 0 spiro atoms. The maximum atomic E-state index is 12.5. The number of thioether (sulfide) groups is 1. The minimum Gasteiger partial charge on any atom is -0.298 e. The van der Waals surface area contributed by atoms with Crippen molar-refractivity contribution in [1.29, 1.82) is 0 Å². The van der Waals surface area contributed by atoms with Crippen LogP contribution in [0, 0.1) is 0 Å². The van der Waals surface area contributed by atoms with Gasteiger partial charge < -0.3 is 0 Å². The van der Waals surface area contributed by atoms with Gasteiger partial charge in [0, 0.05) is 15.6 Å². The van der Waals surface area contributed by atoms with Crippen molar-refractivity contribution in [3.8, 4) is 0 Å². The standard InChI is InChI=1S/C17H16BrNOS/c18-13-6-8-14(9-7-13)21-11-16(20)15-5-1-3-12-4-2-10-19-17(12)15/h2,4,6-10,15H,1,3,5,11H2. The lowest BCUT2D eigenvalue weighted by atomic mass is 9.84. The first-order valence-corrected chi connectivity index (χ1v) is 8.87. The summed E-state index contributed by atoms with van der Waals surface area (Å²) in [7, 11) is 0. The average Bonchev–Trinajstić information content (AvgIpc) is 2.53. The molecule has 108 valence electrons. The lowest BCUT2D eigenvalue weighted by Gasteiger charge is -2.22. The van der Waals surface area contributed by atoms with Crippen LogP contribution in [-0.2, 0) is 11.2 Å². The topological polar surface area (TPSA) is 30.0 Å². The van der Waals surface area contributed by atoms with Gasteiger partial charge >= 0.3 is 0 Å². The number of aromatic nitrogens is 1. The van der Waals surface area contributed by atoms with Crippen molar-refractivity contribution in [2.75, 3.05) is 5.75 Å². The molecule has 0 fully saturated rings. The van der Waals surface area contributed by atoms with Gasteiger partial charge in [-0.25, -0.2) is 0 Å². The molecular weight excluding hydrogens is 346 g/mol. The Labute approximate surface area is 137 Å². The molecule has 0 aliphatic heterocycles. The summed E-state index contributed by atoms with van der Waals surface area (Å²) in [6.45, 7) is 0. The molecule has 0 amide bonds. The van der Waals surface area contributed by atoms with Crippen molar-refractivity contribution in [2.24, 2.45) is 0 Å². The van der Waals surface area contributed by atoms with Crippen LogP contribution in [-0.4, -0.2) is 16.5 Å². The fourth-order valence-corrected chi connectivity index (χ4v) is 3.81. The normalized spacial score (nSPS) is 17.3. The molecule has 0 N–H and O–H groups in total. The highest BCUT2D eigenvalue weighted by atomic mass is 79.9. The third-order valence-electron chi connectivity index (χ3n) is 3.78. The molecule has 2 aromatic rings. The van der Waals surface area contributed by atoms with Crippen LogP contribution < -0.4 is 0 Å². The first-order valence-electron chi connectivity index (χ1n) is 7.09. The number of aryl methyl sites for hydroxylation is 1. The summed E-state index contributed by atoms with van der Waals surface area (Å²) >= 11 is 5.03. The summed E-state index contributed by atoms with van der Waals surface area (Å²) in [6.07, 6.45) is 4.86. The maximum absolute atomic E-state index is 12.5. The number of nitrogens with zero attached hydrogens (tertiary/aromatic N) is 1. The molecule has 1 heterocycles. The monoisotopic (exact) mass is 361 g/mol. The number of benzene rings is 1. The van der Waals surface area contributed by atoms with Gasteiger partial charge in [0.15, 0.2) is 5.78 Å². The zero-order valence-corrected chi connectivity index (χ0v) is 14.0. The molecule has 0 bridgehead atoms. The minimum absolute atomic E-state index is 0.0158. The van der Waals surface area contributed by atoms with E-state index in [1.165, 1.54) is 5.56 Å². The molecule has 3 rings (SSSR count). The largest absolute Gasteiger partial charge is 0.298 e. The Balaban J connectivity index is 1.68. The number of Topliss-reactive ketones (excluding diaryl/α,β-unsaturated/α-hetero) is 1. The molecule has 1 unspecified atom stereocenters. The predicted molar refractivity (Wildman–Crippen MR) is 89.8 cm³/mol. The zero-order valence-electron chi connectivity index (χ0n) is 11.6. The van der Waals surface area contributed by atoms with Crippen LogP contribution in [0.2, 0.25) is 0 Å². The molecule has 0 radical (unpaired) electrons. The molecule has 21 heavy (non-hydrogen) atoms. The Kier molecular flexibility index (Phi) is 4.76. The molecule has 4 heteroatoms. The second-order valence-corrected chi connectivity index (χ2v) is 7.17. The first-order chi connectivity index (χ1) is 10.2. The number of ketones is 1. The summed E-state index contributed by atoms with van der Waals surface area (Å²) in [5.74, 6) is 0.794. The van der Waals surface area contributed by atoms with Gasteiger partial charge in [-0.05, 0) is 55.2 Å². The Morgan fingerprint density at radius 2 is 2.10 bits per heavy atom. The van der Waals surface area contributed by atoms with Gasteiger partial charge in [-0.15, -0.1) is 11.8 Å². The number of pyridine rings is 1. The second kappa shape index (κ2) is 6.75. The van der Waals surface area contributed by atoms with Crippen LogP contribution in [0.3, 0.4) is 0 Å². The molecular formula is C17H16BrNOS. The number of rotatable bonds is 4. The highest BCUT2D eigenvalue weighted by Crippen LogP contribution is 2.32. The van der Waals surface area contributed by atoms with Crippen molar-refractivity contribution >= 4 is 33.5 Å². The van der Waals surface area contributed by atoms with E-state index in [1.54, 1.807) is 18.0 Å². The summed E-state index contributed by atoms with van der Waals surface area (Å²) in [4.78, 5) is 18.1. The zero-order chi connectivity index (χ0) is 14.7. The van der Waals surface area contributed by atoms with E-state index in [-0.39, 0.29) is 5.92 Å². The first kappa shape index (κ1) is 14.8. The number of carbonyl (C=O) groups is 1. The van der Waals surface area contributed by atoms with E-state index in [2.05, 4.69) is 27.0 Å². The fraction of sp³-hybridized carbons (Fsp3) is 0.294. The molecule has 1 aromatic heterocycles. The maximum Gasteiger partial charge on any atom is 0.152 e. The number of hydrogen-bond donors (Lipinski definition) is 0. The van der Waals surface area contributed by atoms with Crippen molar-refractivity contribution in [1.82, 2.24) is 4.98 Å². The van der Waals surface area contributed by atoms with Crippen LogP contribution >= 0.6 is 27.7 Å². The number of fused-ring (bicyclic) bond motifs is 1. The molecule has 1 aliphatic carbocycles. The Hall–Kier alpha value is -1.13. The van der Waals surface area contributed by atoms with E-state index in [9.17, 15) is 4.79 Å². The summed E-state index contributed by atoms with van der Waals surface area (Å²) < 4.78 is 1.06. The molecule has 0 saturated carbocycles. The van der Waals surface area contributed by atoms with Gasteiger partial charge in [-0.1, -0.05) is 22.0 Å². The van der Waals surface area contributed by atoms with Crippen molar-refractivity contribution < 1.29 is 4.79 Å². The number of hydrogen-bond acceptors (Lipinski definition) is 3. The summed E-state index contributed by atoms with van der Waals surface area (Å²) in [5, 5.41) is 0. The molecule has 1 aliphatic rings. The Morgan fingerprint density at radius 3 is 2.90 bits per heavy atom. The van der Waals surface area contributed by atoms with Gasteiger partial charge in [0.1, 0.15) is 0 Å². The van der Waals surface area contributed by atoms with E-state index in [0.29, 0.717) is 11.5 Å². The van der Waals surface area contributed by atoms with Gasteiger partial charge in [-0.2, -0.15) is 0 Å². The summed E-state index contributed by atoms with van der Waals surface area (Å²) in [5.41, 5.74) is 2.25. The van der Waals surface area contributed by atoms with Gasteiger partial charge in [-0.3, -0.25) is 9.78 Å². The van der Waals surface area contributed by atoms with Crippen LogP contribution in [0.25, 0.3) is 0 Å². The van der Waals surface area contributed by atoms with Gasteiger partial charge in [0.05, 0.1) is 17.4 Å². The van der Waals surface area contributed by atoms with Crippen LogP contribution in [0.15, 0.2) is 52.0 Å². The molecule has 1 aromatic carbocycles. The molecule has 0 saturated heterocycles. The van der Waals surface area contributed by atoms with Crippen molar-refractivity contribution in [3.05, 3.63) is 58.3 Å². The number of halogens is 1. The SMILES string of the molecule is O=C(CSc1ccc(Br)cc1)C1CCCc2cccnc21. The third kappa shape index (κ3) is 3.55. The van der Waals surface area contributed by atoms with E-state index < -0.39 is 0 Å². The lowest BCUT2D eigenvalue weighted by Crippen LogP contribution is -2.21. The van der Waals surface area contributed by atoms with Crippen molar-refractivity contribution in [2.45, 2.75) is 30.1 Å². The van der Waals surface area contributed by atoms with E-state index >= 15 is 0 Å². The minimum atomic E-state index is -0.0158. The van der Waals surface area contributed by atoms with Crippen LogP contribution in [0.4, 0.5) is 0 Å². The highest BCUT2D eigenvalue weighted by molar-refractivity contribution is 9.10. The summed E-state index contributed by atoms with van der Waals surface area (Å²) in [6, 6.07) is 12.1. The Bertz CT molecular complexity index is 641. The predicted octanol–water partition coefficient (Wildman–Crippen LogP) is 4.63. The van der Waals surface area contributed by atoms with Crippen LogP contribution in [0.5, 0.6) is 0 Å². The number of carbonyl (C=O) groups excluding carboxylic acids is 1. The fourth-order valence-electron chi connectivity index (χ4n) is 2.71. The smallest absolute Gasteiger partial charge is 0.152 e. The lowest BCUT2D eigenvalue weighted by molar-refractivity contribution is -0.118. The Morgan fingerprint density at radius 1 is 1.29 bits per heavy atom. The molecule has 1 atom stereocenters. The third-order valence-corrected chi connectivity index (χ3v) is 5.34. The van der Waals surface area contributed by atoms with E-state index in [0.717, 1.165) is 34.3 Å². The van der Waals surface area contributed by atoms with E-state index in [4.69, 9.17) is 0 Å². The molecule has 2 nitrogen and oxygen atoms in total. The quantitative estimate of drug-likeness (QED) is 0.743. The van der Waals surface area contributed by atoms with Gasteiger partial charge in [0.25, 0.3) is 0 Å².